The monoisotopic (exact) mass is 383 g/mol. The highest BCUT2D eigenvalue weighted by molar-refractivity contribution is 6.15. The molecular formula is C25H25N3O. The van der Waals surface area contributed by atoms with Crippen molar-refractivity contribution in [3.63, 3.8) is 0 Å². The Kier molecular flexibility index (Phi) is 4.55. The van der Waals surface area contributed by atoms with Gasteiger partial charge in [0.15, 0.2) is 0 Å². The fraction of sp³-hybridized carbons (Fsp3) is 0.280. The predicted molar refractivity (Wildman–Crippen MR) is 117 cm³/mol. The molecule has 0 amide bonds. The second-order valence-corrected chi connectivity index (χ2v) is 8.10. The van der Waals surface area contributed by atoms with Crippen LogP contribution >= 0.6 is 0 Å². The molecular weight excluding hydrogens is 358 g/mol. The number of fused-ring (bicyclic) bond motifs is 2. The molecule has 5 rings (SSSR count). The highest BCUT2D eigenvalue weighted by atomic mass is 16.5. The van der Waals surface area contributed by atoms with Crippen molar-refractivity contribution in [3.8, 4) is 5.75 Å². The van der Waals surface area contributed by atoms with E-state index in [4.69, 9.17) is 9.73 Å². The van der Waals surface area contributed by atoms with Crippen LogP contribution in [-0.4, -0.2) is 22.8 Å². The van der Waals surface area contributed by atoms with Crippen molar-refractivity contribution >= 4 is 11.5 Å². The van der Waals surface area contributed by atoms with Gasteiger partial charge >= 0.3 is 0 Å². The van der Waals surface area contributed by atoms with Gasteiger partial charge in [-0.1, -0.05) is 30.3 Å². The van der Waals surface area contributed by atoms with Crippen LogP contribution in [0.25, 0.3) is 0 Å². The molecule has 0 saturated heterocycles. The second kappa shape index (κ2) is 7.36. The average Bonchev–Trinajstić information content (AvgIpc) is 3.30. The summed E-state index contributed by atoms with van der Waals surface area (Å²) in [4.78, 5) is 9.36. The van der Waals surface area contributed by atoms with Gasteiger partial charge in [0.2, 0.25) is 0 Å². The van der Waals surface area contributed by atoms with E-state index in [-0.39, 0.29) is 6.10 Å². The Morgan fingerprint density at radius 3 is 2.52 bits per heavy atom. The van der Waals surface area contributed by atoms with Crippen LogP contribution in [-0.2, 0) is 19.4 Å². The van der Waals surface area contributed by atoms with Crippen LogP contribution in [0.2, 0.25) is 0 Å². The second-order valence-electron chi connectivity index (χ2n) is 8.10. The van der Waals surface area contributed by atoms with Crippen molar-refractivity contribution in [1.82, 2.24) is 4.98 Å². The van der Waals surface area contributed by atoms with Crippen molar-refractivity contribution in [2.45, 2.75) is 45.4 Å². The van der Waals surface area contributed by atoms with Crippen molar-refractivity contribution in [3.05, 3.63) is 88.6 Å². The van der Waals surface area contributed by atoms with Crippen LogP contribution < -0.4 is 10.1 Å². The van der Waals surface area contributed by atoms with E-state index in [0.29, 0.717) is 6.04 Å². The number of pyridine rings is 1. The molecule has 4 nitrogen and oxygen atoms in total. The van der Waals surface area contributed by atoms with E-state index in [2.05, 4.69) is 52.8 Å². The first-order chi connectivity index (χ1) is 14.2. The van der Waals surface area contributed by atoms with Gasteiger partial charge in [-0.3, -0.25) is 4.99 Å². The third kappa shape index (κ3) is 3.63. The molecule has 4 heteroatoms. The number of nitrogens with zero attached hydrogens (tertiary/aromatic N) is 2. The smallest absolute Gasteiger partial charge is 0.126 e. The van der Waals surface area contributed by atoms with Crippen LogP contribution in [0.5, 0.6) is 5.75 Å². The molecule has 0 fully saturated rings. The Morgan fingerprint density at radius 1 is 0.966 bits per heavy atom. The summed E-state index contributed by atoms with van der Waals surface area (Å²) in [5.74, 6) is 1.80. The van der Waals surface area contributed by atoms with Gasteiger partial charge in [0.1, 0.15) is 11.6 Å². The van der Waals surface area contributed by atoms with Gasteiger partial charge in [-0.15, -0.1) is 0 Å². The molecule has 2 aliphatic rings. The number of aromatic nitrogens is 1. The molecule has 0 radical (unpaired) electrons. The topological polar surface area (TPSA) is 46.5 Å². The largest absolute Gasteiger partial charge is 0.491 e. The lowest BCUT2D eigenvalue weighted by Gasteiger charge is -2.14. The van der Waals surface area contributed by atoms with Crippen LogP contribution in [0.15, 0.2) is 65.8 Å². The van der Waals surface area contributed by atoms with Crippen molar-refractivity contribution < 1.29 is 4.74 Å². The third-order valence-corrected chi connectivity index (χ3v) is 5.55. The summed E-state index contributed by atoms with van der Waals surface area (Å²) in [5, 5.41) is 3.62. The van der Waals surface area contributed by atoms with Crippen LogP contribution in [0.4, 0.5) is 5.82 Å². The number of aliphatic imine (C=N–C) groups is 1. The molecule has 0 saturated carbocycles. The zero-order valence-electron chi connectivity index (χ0n) is 16.9. The van der Waals surface area contributed by atoms with Crippen LogP contribution in [0, 0.1) is 0 Å². The number of benzene rings is 2. The molecule has 0 atom stereocenters. The Hall–Kier alpha value is -3.14. The van der Waals surface area contributed by atoms with Gasteiger partial charge in [-0.25, -0.2) is 4.98 Å². The summed E-state index contributed by atoms with van der Waals surface area (Å²) in [7, 11) is 0. The van der Waals surface area contributed by atoms with E-state index in [1.807, 2.05) is 32.2 Å². The van der Waals surface area contributed by atoms with Gasteiger partial charge in [0.05, 0.1) is 18.4 Å². The molecule has 1 aliphatic heterocycles. The molecule has 1 aliphatic carbocycles. The first kappa shape index (κ1) is 17.9. The lowest BCUT2D eigenvalue weighted by molar-refractivity contribution is 0.242. The molecule has 29 heavy (non-hydrogen) atoms. The Balaban J connectivity index is 1.37. The van der Waals surface area contributed by atoms with E-state index in [1.165, 1.54) is 16.7 Å². The normalized spacial score (nSPS) is 15.2. The first-order valence-corrected chi connectivity index (χ1v) is 10.3. The summed E-state index contributed by atoms with van der Waals surface area (Å²) in [6.45, 7) is 4.81. The number of nitrogens with one attached hydrogen (secondary N) is 1. The summed E-state index contributed by atoms with van der Waals surface area (Å²) < 4.78 is 5.89. The molecule has 3 aromatic rings. The molecule has 0 bridgehead atoms. The van der Waals surface area contributed by atoms with Crippen LogP contribution in [0.3, 0.4) is 0 Å². The lowest BCUT2D eigenvalue weighted by Crippen LogP contribution is -2.20. The minimum atomic E-state index is 0.155. The average molecular weight is 383 g/mol. The number of anilines is 1. The number of rotatable bonds is 5. The Morgan fingerprint density at radius 2 is 1.76 bits per heavy atom. The maximum absolute atomic E-state index is 5.89. The van der Waals surface area contributed by atoms with Crippen molar-refractivity contribution in [1.29, 1.82) is 0 Å². The van der Waals surface area contributed by atoms with Gasteiger partial charge < -0.3 is 10.1 Å². The maximum Gasteiger partial charge on any atom is 0.126 e. The van der Waals surface area contributed by atoms with Gasteiger partial charge in [0, 0.05) is 23.4 Å². The van der Waals surface area contributed by atoms with E-state index in [0.717, 1.165) is 47.8 Å². The number of ether oxygens (including phenoxy) is 1. The van der Waals surface area contributed by atoms with E-state index < -0.39 is 0 Å². The summed E-state index contributed by atoms with van der Waals surface area (Å²) in [5.41, 5.74) is 7.40. The highest BCUT2D eigenvalue weighted by Crippen LogP contribution is 2.29. The Bertz CT molecular complexity index is 1060. The zero-order valence-corrected chi connectivity index (χ0v) is 16.9. The number of hydrogen-bond acceptors (Lipinski definition) is 4. The summed E-state index contributed by atoms with van der Waals surface area (Å²) in [6.07, 6.45) is 4.11. The molecule has 1 N–H and O–H groups in total. The summed E-state index contributed by atoms with van der Waals surface area (Å²) >= 11 is 0. The quantitative estimate of drug-likeness (QED) is 0.688. The standard InChI is InChI=1S/C25H25N3O/c1-16(2)29-22-8-7-20-15-27-25(23(20)14-22)19-9-10-26-24(13-19)28-21-11-17-5-3-4-6-18(17)12-21/h3-10,13-14,16,21H,11-12,15H2,1-2H3,(H,26,28). The maximum atomic E-state index is 5.89. The van der Waals surface area contributed by atoms with E-state index >= 15 is 0 Å². The van der Waals surface area contributed by atoms with Gasteiger partial charge in [0.25, 0.3) is 0 Å². The molecule has 2 aromatic carbocycles. The van der Waals surface area contributed by atoms with Crippen molar-refractivity contribution in [2.75, 3.05) is 5.32 Å². The SMILES string of the molecule is CC(C)Oc1ccc2c(c1)C(c1ccnc(NC3Cc4ccccc4C3)c1)=NC2. The molecule has 0 spiro atoms. The minimum absolute atomic E-state index is 0.155. The van der Waals surface area contributed by atoms with E-state index in [1.54, 1.807) is 0 Å². The minimum Gasteiger partial charge on any atom is -0.491 e. The molecule has 1 aromatic heterocycles. The fourth-order valence-corrected chi connectivity index (χ4v) is 4.28. The Labute approximate surface area is 171 Å². The first-order valence-electron chi connectivity index (χ1n) is 10.3. The number of hydrogen-bond donors (Lipinski definition) is 1. The zero-order chi connectivity index (χ0) is 19.8. The van der Waals surface area contributed by atoms with Gasteiger partial charge in [-0.05, 0) is 67.6 Å². The van der Waals surface area contributed by atoms with Crippen molar-refractivity contribution in [2.24, 2.45) is 4.99 Å². The summed E-state index contributed by atoms with van der Waals surface area (Å²) in [6, 6.07) is 19.5. The third-order valence-electron chi connectivity index (χ3n) is 5.55. The molecule has 0 unspecified atom stereocenters. The predicted octanol–water partition coefficient (Wildman–Crippen LogP) is 4.80. The van der Waals surface area contributed by atoms with Gasteiger partial charge in [-0.2, -0.15) is 0 Å². The molecule has 2 heterocycles. The van der Waals surface area contributed by atoms with E-state index in [9.17, 15) is 0 Å². The fourth-order valence-electron chi connectivity index (χ4n) is 4.28. The van der Waals surface area contributed by atoms with Crippen LogP contribution in [0.1, 0.15) is 41.7 Å². The highest BCUT2D eigenvalue weighted by Gasteiger charge is 2.22. The molecule has 146 valence electrons. The lowest BCUT2D eigenvalue weighted by atomic mass is 10.0.